The first-order chi connectivity index (χ1) is 13.6. The number of hydrogen-bond acceptors (Lipinski definition) is 6. The fourth-order valence-corrected chi connectivity index (χ4v) is 3.14. The van der Waals surface area contributed by atoms with E-state index >= 15 is 0 Å². The quantitative estimate of drug-likeness (QED) is 0.345. The first-order valence-electron chi connectivity index (χ1n) is 8.39. The Morgan fingerprint density at radius 1 is 1.11 bits per heavy atom. The van der Waals surface area contributed by atoms with Crippen LogP contribution in [0.15, 0.2) is 66.1 Å². The Morgan fingerprint density at radius 3 is 2.54 bits per heavy atom. The van der Waals surface area contributed by atoms with E-state index in [1.165, 1.54) is 6.33 Å². The number of ether oxygens (including phenoxy) is 1. The largest absolute Gasteiger partial charge is 0.452 e. The summed E-state index contributed by atoms with van der Waals surface area (Å²) in [6, 6.07) is 14.1. The van der Waals surface area contributed by atoms with Gasteiger partial charge >= 0.3 is 5.97 Å². The van der Waals surface area contributed by atoms with Gasteiger partial charge in [-0.15, -0.1) is 11.8 Å². The van der Waals surface area contributed by atoms with Crippen LogP contribution in [0.25, 0.3) is 5.69 Å². The summed E-state index contributed by atoms with van der Waals surface area (Å²) in [4.78, 5) is 28.8. The van der Waals surface area contributed by atoms with Gasteiger partial charge < -0.3 is 10.1 Å². The molecule has 0 unspecified atom stereocenters. The molecule has 3 rings (SSSR count). The lowest BCUT2D eigenvalue weighted by atomic mass is 10.2. The molecule has 1 heterocycles. The van der Waals surface area contributed by atoms with Gasteiger partial charge in [0, 0.05) is 22.2 Å². The zero-order chi connectivity index (χ0) is 19.8. The smallest absolute Gasteiger partial charge is 0.338 e. The standard InChI is InChI=1S/C19H17ClN4O3S/c20-15-3-7-17(8-4-15)28-10-9-22-18(25)11-27-19(26)14-1-5-16(6-2-14)24-13-21-12-23-24/h1-8,12-13H,9-11H2,(H,22,25). The molecule has 3 aromatic rings. The monoisotopic (exact) mass is 416 g/mol. The summed E-state index contributed by atoms with van der Waals surface area (Å²) in [6.45, 7) is 0.144. The first-order valence-corrected chi connectivity index (χ1v) is 9.75. The van der Waals surface area contributed by atoms with Gasteiger partial charge in [0.25, 0.3) is 5.91 Å². The molecular weight excluding hydrogens is 400 g/mol. The van der Waals surface area contributed by atoms with Gasteiger partial charge in [-0.1, -0.05) is 11.6 Å². The molecule has 1 aromatic heterocycles. The highest BCUT2D eigenvalue weighted by atomic mass is 35.5. The minimum Gasteiger partial charge on any atom is -0.452 e. The van der Waals surface area contributed by atoms with E-state index in [-0.39, 0.29) is 12.5 Å². The zero-order valence-corrected chi connectivity index (χ0v) is 16.3. The van der Waals surface area contributed by atoms with E-state index in [9.17, 15) is 9.59 Å². The van der Waals surface area contributed by atoms with Gasteiger partial charge in [0.05, 0.1) is 11.3 Å². The molecule has 0 aliphatic heterocycles. The number of aromatic nitrogens is 3. The van der Waals surface area contributed by atoms with Crippen LogP contribution in [-0.2, 0) is 9.53 Å². The fourth-order valence-electron chi connectivity index (χ4n) is 2.25. The normalized spacial score (nSPS) is 10.5. The molecule has 0 aliphatic rings. The molecule has 0 atom stereocenters. The predicted molar refractivity (Wildman–Crippen MR) is 107 cm³/mol. The second-order valence-corrected chi connectivity index (χ2v) is 7.22. The summed E-state index contributed by atoms with van der Waals surface area (Å²) in [5.41, 5.74) is 1.12. The highest BCUT2D eigenvalue weighted by Crippen LogP contribution is 2.19. The van der Waals surface area contributed by atoms with Crippen molar-refractivity contribution < 1.29 is 14.3 Å². The molecule has 0 bridgehead atoms. The zero-order valence-electron chi connectivity index (χ0n) is 14.7. The maximum atomic E-state index is 12.0. The highest BCUT2D eigenvalue weighted by molar-refractivity contribution is 7.99. The predicted octanol–water partition coefficient (Wildman–Crippen LogP) is 2.99. The number of carbonyl (C=O) groups excluding carboxylic acids is 2. The number of esters is 1. The van der Waals surface area contributed by atoms with E-state index in [4.69, 9.17) is 16.3 Å². The Morgan fingerprint density at radius 2 is 1.86 bits per heavy atom. The molecular formula is C19H17ClN4O3S. The van der Waals surface area contributed by atoms with Crippen LogP contribution in [0.5, 0.6) is 0 Å². The van der Waals surface area contributed by atoms with Crippen LogP contribution in [0.3, 0.4) is 0 Å². The summed E-state index contributed by atoms with van der Waals surface area (Å²) in [6.07, 6.45) is 2.98. The van der Waals surface area contributed by atoms with E-state index in [0.29, 0.717) is 22.9 Å². The van der Waals surface area contributed by atoms with Crippen LogP contribution in [0, 0.1) is 0 Å². The number of hydrogen-bond donors (Lipinski definition) is 1. The molecule has 0 saturated heterocycles. The Kier molecular flexibility index (Phi) is 7.05. The van der Waals surface area contributed by atoms with Crippen LogP contribution in [0.2, 0.25) is 5.02 Å². The Bertz CT molecular complexity index is 915. The van der Waals surface area contributed by atoms with Crippen LogP contribution < -0.4 is 5.32 Å². The van der Waals surface area contributed by atoms with E-state index in [2.05, 4.69) is 15.4 Å². The van der Waals surface area contributed by atoms with E-state index in [1.54, 1.807) is 47.0 Å². The maximum absolute atomic E-state index is 12.0. The van der Waals surface area contributed by atoms with Gasteiger partial charge in [-0.3, -0.25) is 4.79 Å². The number of benzene rings is 2. The molecule has 0 spiro atoms. The molecule has 144 valence electrons. The molecule has 1 amide bonds. The minimum atomic E-state index is -0.559. The summed E-state index contributed by atoms with van der Waals surface area (Å²) >= 11 is 7.44. The summed E-state index contributed by atoms with van der Waals surface area (Å²) in [5.74, 6) is -0.203. The molecule has 0 aliphatic carbocycles. The summed E-state index contributed by atoms with van der Waals surface area (Å²) in [5, 5.41) is 7.41. The maximum Gasteiger partial charge on any atom is 0.338 e. The SMILES string of the molecule is O=C(COC(=O)c1ccc(-n2cncn2)cc1)NCCSc1ccc(Cl)cc1. The topological polar surface area (TPSA) is 86.1 Å². The van der Waals surface area contributed by atoms with Gasteiger partial charge in [0.15, 0.2) is 6.61 Å². The Balaban J connectivity index is 1.36. The highest BCUT2D eigenvalue weighted by Gasteiger charge is 2.10. The van der Waals surface area contributed by atoms with Gasteiger partial charge in [-0.2, -0.15) is 5.10 Å². The molecule has 7 nitrogen and oxygen atoms in total. The third-order valence-electron chi connectivity index (χ3n) is 3.63. The van der Waals surface area contributed by atoms with Gasteiger partial charge in [0.1, 0.15) is 12.7 Å². The van der Waals surface area contributed by atoms with Crippen molar-refractivity contribution in [2.24, 2.45) is 0 Å². The number of amides is 1. The van der Waals surface area contributed by atoms with E-state index < -0.39 is 5.97 Å². The third kappa shape index (κ3) is 5.83. The fraction of sp³-hybridized carbons (Fsp3) is 0.158. The third-order valence-corrected chi connectivity index (χ3v) is 4.89. The summed E-state index contributed by atoms with van der Waals surface area (Å²) in [7, 11) is 0. The van der Waals surface area contributed by atoms with Crippen molar-refractivity contribution in [2.45, 2.75) is 4.90 Å². The van der Waals surface area contributed by atoms with E-state index in [1.807, 2.05) is 24.3 Å². The molecule has 28 heavy (non-hydrogen) atoms. The van der Waals surface area contributed by atoms with Gasteiger partial charge in [-0.05, 0) is 48.5 Å². The van der Waals surface area contributed by atoms with Crippen LogP contribution in [-0.4, -0.2) is 45.5 Å². The van der Waals surface area contributed by atoms with Crippen molar-refractivity contribution >= 4 is 35.2 Å². The molecule has 0 saturated carbocycles. The summed E-state index contributed by atoms with van der Waals surface area (Å²) < 4.78 is 6.62. The number of halogens is 1. The second kappa shape index (κ2) is 9.91. The van der Waals surface area contributed by atoms with Crippen molar-refractivity contribution in [1.29, 1.82) is 0 Å². The molecule has 0 fully saturated rings. The lowest BCUT2D eigenvalue weighted by Gasteiger charge is -2.07. The van der Waals surface area contributed by atoms with E-state index in [0.717, 1.165) is 10.6 Å². The lowest BCUT2D eigenvalue weighted by Crippen LogP contribution is -2.30. The van der Waals surface area contributed by atoms with Crippen LogP contribution in [0.4, 0.5) is 0 Å². The Labute approximate surface area is 171 Å². The van der Waals surface area contributed by atoms with Gasteiger partial charge in [-0.25, -0.2) is 14.5 Å². The number of nitrogens with zero attached hydrogens (tertiary/aromatic N) is 3. The van der Waals surface area contributed by atoms with Crippen LogP contribution in [0.1, 0.15) is 10.4 Å². The molecule has 9 heteroatoms. The van der Waals surface area contributed by atoms with Crippen LogP contribution >= 0.6 is 23.4 Å². The Hall–Kier alpha value is -2.84. The van der Waals surface area contributed by atoms with Crippen molar-refractivity contribution in [3.05, 3.63) is 71.8 Å². The molecule has 1 N–H and O–H groups in total. The average molecular weight is 417 g/mol. The number of nitrogens with one attached hydrogen (secondary N) is 1. The lowest BCUT2D eigenvalue weighted by molar-refractivity contribution is -0.124. The minimum absolute atomic E-state index is 0.324. The van der Waals surface area contributed by atoms with Crippen molar-refractivity contribution in [2.75, 3.05) is 18.9 Å². The van der Waals surface area contributed by atoms with Gasteiger partial charge in [0.2, 0.25) is 0 Å². The van der Waals surface area contributed by atoms with Crippen molar-refractivity contribution in [1.82, 2.24) is 20.1 Å². The number of rotatable bonds is 8. The van der Waals surface area contributed by atoms with Crippen molar-refractivity contribution in [3.63, 3.8) is 0 Å². The van der Waals surface area contributed by atoms with Crippen molar-refractivity contribution in [3.8, 4) is 5.69 Å². The molecule has 2 aromatic carbocycles. The number of carbonyl (C=O) groups is 2. The first kappa shape index (κ1) is 19.9. The molecule has 0 radical (unpaired) electrons. The second-order valence-electron chi connectivity index (χ2n) is 5.62. The average Bonchev–Trinajstić information content (AvgIpc) is 3.26. The number of thioether (sulfide) groups is 1.